The lowest BCUT2D eigenvalue weighted by Crippen LogP contribution is -2.06. The van der Waals surface area contributed by atoms with Crippen molar-refractivity contribution in [3.05, 3.63) is 35.4 Å². The Labute approximate surface area is 110 Å². The summed E-state index contributed by atoms with van der Waals surface area (Å²) in [7, 11) is 0. The number of aryl methyl sites for hydroxylation is 1. The van der Waals surface area contributed by atoms with Crippen LogP contribution in [0.4, 0.5) is 0 Å². The Kier molecular flexibility index (Phi) is 6.48. The van der Waals surface area contributed by atoms with Gasteiger partial charge in [0.25, 0.3) is 0 Å². The highest BCUT2D eigenvalue weighted by molar-refractivity contribution is 5.68. The summed E-state index contributed by atoms with van der Waals surface area (Å²) >= 11 is 0. The summed E-state index contributed by atoms with van der Waals surface area (Å²) in [6, 6.07) is 8.51. The number of rotatable bonds is 8. The highest BCUT2D eigenvalue weighted by Crippen LogP contribution is 2.25. The van der Waals surface area contributed by atoms with Gasteiger partial charge in [-0.25, -0.2) is 0 Å². The zero-order valence-electron chi connectivity index (χ0n) is 11.5. The van der Waals surface area contributed by atoms with E-state index in [4.69, 9.17) is 5.11 Å². The first-order chi connectivity index (χ1) is 8.67. The number of carboxylic acids is 1. The lowest BCUT2D eigenvalue weighted by Gasteiger charge is -2.14. The van der Waals surface area contributed by atoms with Gasteiger partial charge in [-0.05, 0) is 36.3 Å². The van der Waals surface area contributed by atoms with Crippen molar-refractivity contribution in [1.82, 2.24) is 0 Å². The molecule has 1 aromatic rings. The Balaban J connectivity index is 2.70. The number of carboxylic acid groups (broad SMARTS) is 1. The molecule has 0 saturated carbocycles. The fourth-order valence-electron chi connectivity index (χ4n) is 2.28. The van der Waals surface area contributed by atoms with Crippen molar-refractivity contribution in [2.75, 3.05) is 0 Å². The van der Waals surface area contributed by atoms with E-state index in [0.29, 0.717) is 0 Å². The average molecular weight is 248 g/mol. The first-order valence-electron chi connectivity index (χ1n) is 6.98. The largest absolute Gasteiger partial charge is 0.481 e. The quantitative estimate of drug-likeness (QED) is 0.741. The minimum atomic E-state index is -0.705. The van der Waals surface area contributed by atoms with Crippen molar-refractivity contribution < 1.29 is 9.90 Å². The van der Waals surface area contributed by atoms with Crippen LogP contribution in [0, 0.1) is 0 Å². The van der Waals surface area contributed by atoms with E-state index in [1.807, 2.05) is 0 Å². The predicted molar refractivity (Wildman–Crippen MR) is 75.0 cm³/mol. The number of unbranched alkanes of at least 4 members (excludes halogenated alkanes) is 1. The van der Waals surface area contributed by atoms with Crippen LogP contribution in [-0.2, 0) is 11.2 Å². The molecule has 0 spiro atoms. The molecule has 0 fully saturated rings. The van der Waals surface area contributed by atoms with E-state index >= 15 is 0 Å². The second-order valence-electron chi connectivity index (χ2n) is 4.93. The second kappa shape index (κ2) is 7.91. The van der Waals surface area contributed by atoms with Crippen molar-refractivity contribution in [2.24, 2.45) is 0 Å². The Morgan fingerprint density at radius 2 is 1.83 bits per heavy atom. The van der Waals surface area contributed by atoms with Crippen molar-refractivity contribution >= 4 is 5.97 Å². The monoisotopic (exact) mass is 248 g/mol. The van der Waals surface area contributed by atoms with E-state index in [1.165, 1.54) is 24.0 Å². The van der Waals surface area contributed by atoms with Gasteiger partial charge in [0.05, 0.1) is 6.42 Å². The normalized spacial score (nSPS) is 12.3. The first kappa shape index (κ1) is 14.7. The third-order valence-corrected chi connectivity index (χ3v) is 3.33. The molecule has 2 nitrogen and oxygen atoms in total. The molecule has 0 saturated heterocycles. The molecule has 1 rings (SSSR count). The second-order valence-corrected chi connectivity index (χ2v) is 4.93. The van der Waals surface area contributed by atoms with Gasteiger partial charge in [0.1, 0.15) is 0 Å². The lowest BCUT2D eigenvalue weighted by molar-refractivity contribution is -0.137. The molecule has 0 bridgehead atoms. The van der Waals surface area contributed by atoms with E-state index in [0.717, 1.165) is 19.3 Å². The van der Waals surface area contributed by atoms with Gasteiger partial charge in [-0.1, -0.05) is 51.0 Å². The van der Waals surface area contributed by atoms with Crippen LogP contribution in [0.2, 0.25) is 0 Å². The Morgan fingerprint density at radius 1 is 1.17 bits per heavy atom. The number of hydrogen-bond acceptors (Lipinski definition) is 1. The van der Waals surface area contributed by atoms with Gasteiger partial charge < -0.3 is 5.11 Å². The molecule has 1 atom stereocenters. The van der Waals surface area contributed by atoms with Crippen LogP contribution in [0.5, 0.6) is 0 Å². The van der Waals surface area contributed by atoms with Crippen LogP contribution < -0.4 is 0 Å². The van der Waals surface area contributed by atoms with Crippen molar-refractivity contribution in [3.63, 3.8) is 0 Å². The Morgan fingerprint density at radius 3 is 2.33 bits per heavy atom. The summed E-state index contributed by atoms with van der Waals surface area (Å²) in [6.45, 7) is 4.29. The fourth-order valence-corrected chi connectivity index (χ4v) is 2.28. The maximum atomic E-state index is 10.9. The molecular weight excluding hydrogens is 224 g/mol. The van der Waals surface area contributed by atoms with Crippen LogP contribution in [0.3, 0.4) is 0 Å². The molecule has 100 valence electrons. The average Bonchev–Trinajstić information content (AvgIpc) is 2.36. The lowest BCUT2D eigenvalue weighted by atomic mass is 9.90. The van der Waals surface area contributed by atoms with Gasteiger partial charge in [-0.3, -0.25) is 4.79 Å². The van der Waals surface area contributed by atoms with Gasteiger partial charge in [-0.15, -0.1) is 0 Å². The van der Waals surface area contributed by atoms with E-state index < -0.39 is 5.97 Å². The zero-order chi connectivity index (χ0) is 13.4. The molecule has 0 aliphatic rings. The minimum Gasteiger partial charge on any atom is -0.481 e. The number of hydrogen-bond donors (Lipinski definition) is 1. The van der Waals surface area contributed by atoms with E-state index in [2.05, 4.69) is 38.1 Å². The van der Waals surface area contributed by atoms with Crippen LogP contribution in [-0.4, -0.2) is 11.1 Å². The highest BCUT2D eigenvalue weighted by Gasteiger charge is 2.14. The van der Waals surface area contributed by atoms with Crippen molar-refractivity contribution in [3.8, 4) is 0 Å². The predicted octanol–water partition coefficient (Wildman–Crippen LogP) is 4.39. The van der Waals surface area contributed by atoms with Gasteiger partial charge in [0.2, 0.25) is 0 Å². The number of benzene rings is 1. The molecule has 0 radical (unpaired) electrons. The molecule has 0 heterocycles. The number of aliphatic carboxylic acids is 1. The van der Waals surface area contributed by atoms with Crippen LogP contribution in [0.1, 0.15) is 63.0 Å². The van der Waals surface area contributed by atoms with Crippen LogP contribution >= 0.6 is 0 Å². The molecule has 1 aromatic carbocycles. The molecule has 0 aliphatic heterocycles. The summed E-state index contributed by atoms with van der Waals surface area (Å²) in [4.78, 5) is 10.9. The maximum Gasteiger partial charge on any atom is 0.303 e. The molecule has 1 N–H and O–H groups in total. The summed E-state index contributed by atoms with van der Waals surface area (Å²) in [6.07, 6.45) is 5.75. The highest BCUT2D eigenvalue weighted by atomic mass is 16.4. The molecule has 2 heteroatoms. The third-order valence-electron chi connectivity index (χ3n) is 3.33. The van der Waals surface area contributed by atoms with Gasteiger partial charge in [0, 0.05) is 0 Å². The summed E-state index contributed by atoms with van der Waals surface area (Å²) < 4.78 is 0. The Hall–Kier alpha value is -1.31. The van der Waals surface area contributed by atoms with Gasteiger partial charge in [-0.2, -0.15) is 0 Å². The van der Waals surface area contributed by atoms with E-state index in [-0.39, 0.29) is 12.3 Å². The van der Waals surface area contributed by atoms with E-state index in [1.54, 1.807) is 0 Å². The molecule has 0 aromatic heterocycles. The van der Waals surface area contributed by atoms with E-state index in [9.17, 15) is 4.79 Å². The first-order valence-corrected chi connectivity index (χ1v) is 6.98. The van der Waals surface area contributed by atoms with Crippen LogP contribution in [0.15, 0.2) is 24.3 Å². The zero-order valence-corrected chi connectivity index (χ0v) is 11.5. The molecule has 18 heavy (non-hydrogen) atoms. The summed E-state index contributed by atoms with van der Waals surface area (Å²) in [5.41, 5.74) is 2.52. The topological polar surface area (TPSA) is 37.3 Å². The maximum absolute atomic E-state index is 10.9. The molecular formula is C16H24O2. The molecule has 1 unspecified atom stereocenters. The van der Waals surface area contributed by atoms with Gasteiger partial charge >= 0.3 is 5.97 Å². The third kappa shape index (κ3) is 4.91. The molecule has 0 amide bonds. The fraction of sp³-hybridized carbons (Fsp3) is 0.562. The standard InChI is InChI=1S/C16H24O2/c1-3-5-7-13-8-10-14(11-9-13)15(6-4-2)12-16(17)18/h8-11,15H,3-7,12H2,1-2H3,(H,17,18). The Bertz CT molecular complexity index is 354. The van der Waals surface area contributed by atoms with Gasteiger partial charge in [0.15, 0.2) is 0 Å². The van der Waals surface area contributed by atoms with Crippen LogP contribution in [0.25, 0.3) is 0 Å². The van der Waals surface area contributed by atoms with Crippen molar-refractivity contribution in [2.45, 2.75) is 58.3 Å². The smallest absolute Gasteiger partial charge is 0.303 e. The number of carbonyl (C=O) groups is 1. The minimum absolute atomic E-state index is 0.160. The SMILES string of the molecule is CCCCc1ccc(C(CCC)CC(=O)O)cc1. The summed E-state index contributed by atoms with van der Waals surface area (Å²) in [5, 5.41) is 8.94. The summed E-state index contributed by atoms with van der Waals surface area (Å²) in [5.74, 6) is -0.545. The molecule has 0 aliphatic carbocycles. The van der Waals surface area contributed by atoms with Crippen molar-refractivity contribution in [1.29, 1.82) is 0 Å².